The molecule has 1 heterocycles. The van der Waals surface area contributed by atoms with E-state index in [1.165, 1.54) is 0 Å². The maximum Gasteiger partial charge on any atom is 0.172 e. The van der Waals surface area contributed by atoms with Crippen molar-refractivity contribution in [3.63, 3.8) is 0 Å². The van der Waals surface area contributed by atoms with Crippen LogP contribution in [0.2, 0.25) is 0 Å². The van der Waals surface area contributed by atoms with Gasteiger partial charge in [-0.15, -0.1) is 0 Å². The molecule has 5 N–H and O–H groups in total. The van der Waals surface area contributed by atoms with Gasteiger partial charge in [0.2, 0.25) is 0 Å². The quantitative estimate of drug-likeness (QED) is 0.449. The van der Waals surface area contributed by atoms with Crippen LogP contribution in [-0.4, -0.2) is 57.7 Å². The molecule has 0 bridgehead atoms. The van der Waals surface area contributed by atoms with Gasteiger partial charge in [0.1, 0.15) is 18.3 Å². The maximum atomic E-state index is 9.98. The Morgan fingerprint density at radius 1 is 1.16 bits per heavy atom. The van der Waals surface area contributed by atoms with Gasteiger partial charge in [-0.3, -0.25) is 5.32 Å². The molecule has 6 heteroatoms. The van der Waals surface area contributed by atoms with Crippen LogP contribution in [0.3, 0.4) is 0 Å². The minimum atomic E-state index is -1.46. The first-order valence-corrected chi connectivity index (χ1v) is 6.17. The van der Waals surface area contributed by atoms with Crippen LogP contribution in [-0.2, 0) is 11.3 Å². The van der Waals surface area contributed by atoms with Crippen LogP contribution in [0, 0.1) is 0 Å². The average Bonchev–Trinajstić information content (AvgIpc) is 2.71. The van der Waals surface area contributed by atoms with Crippen LogP contribution in [0.15, 0.2) is 30.3 Å². The van der Waals surface area contributed by atoms with Crippen LogP contribution < -0.4 is 5.32 Å². The van der Waals surface area contributed by atoms with E-state index in [1.807, 2.05) is 30.3 Å². The van der Waals surface area contributed by atoms with Crippen LogP contribution in [0.4, 0.5) is 0 Å². The number of ether oxygens (including phenoxy) is 1. The van der Waals surface area contributed by atoms with E-state index in [0.29, 0.717) is 6.54 Å². The van der Waals surface area contributed by atoms with Gasteiger partial charge in [-0.25, -0.2) is 0 Å². The molecule has 0 aromatic heterocycles. The summed E-state index contributed by atoms with van der Waals surface area (Å²) < 4.78 is 5.38. The maximum absolute atomic E-state index is 9.98. The molecule has 2 rings (SSSR count). The molecule has 0 radical (unpaired) electrons. The van der Waals surface area contributed by atoms with Crippen LogP contribution in [0.25, 0.3) is 0 Å². The summed E-state index contributed by atoms with van der Waals surface area (Å²) in [5.41, 5.74) is -0.504. The van der Waals surface area contributed by atoms with Gasteiger partial charge in [-0.1, -0.05) is 30.3 Å². The summed E-state index contributed by atoms with van der Waals surface area (Å²) >= 11 is 0. The van der Waals surface area contributed by atoms with E-state index in [-0.39, 0.29) is 0 Å². The van der Waals surface area contributed by atoms with Gasteiger partial charge in [-0.05, 0) is 5.56 Å². The molecule has 1 aliphatic rings. The summed E-state index contributed by atoms with van der Waals surface area (Å²) in [5.74, 6) is 0. The SMILES string of the molecule is OC[C@H]1OC(CO)(NCc2ccccc2)[C@@H](O)[C@@H]1O. The number of aliphatic hydroxyl groups excluding tert-OH is 4. The fraction of sp³-hybridized carbons (Fsp3) is 0.538. The standard InChI is InChI=1S/C13H19NO5/c15-7-10-11(17)12(18)13(8-16,19-10)14-6-9-4-2-1-3-5-9/h1-5,10-12,14-18H,6-8H2/t10-,11-,12+,13?/m1/s1. The molecule has 0 aliphatic carbocycles. The average molecular weight is 269 g/mol. The van der Waals surface area contributed by atoms with E-state index in [2.05, 4.69) is 5.32 Å². The molecule has 6 nitrogen and oxygen atoms in total. The van der Waals surface area contributed by atoms with Crippen LogP contribution >= 0.6 is 0 Å². The zero-order valence-electron chi connectivity index (χ0n) is 10.4. The summed E-state index contributed by atoms with van der Waals surface area (Å²) in [6.07, 6.45) is -3.45. The van der Waals surface area contributed by atoms with Gasteiger partial charge in [-0.2, -0.15) is 0 Å². The third-order valence-corrected chi connectivity index (χ3v) is 3.39. The molecule has 0 saturated carbocycles. The topological polar surface area (TPSA) is 102 Å². The zero-order valence-corrected chi connectivity index (χ0v) is 10.4. The highest BCUT2D eigenvalue weighted by molar-refractivity contribution is 5.15. The minimum Gasteiger partial charge on any atom is -0.394 e. The number of rotatable bonds is 5. The lowest BCUT2D eigenvalue weighted by molar-refractivity contribution is -0.139. The number of hydrogen-bond acceptors (Lipinski definition) is 6. The van der Waals surface area contributed by atoms with Crippen LogP contribution in [0.5, 0.6) is 0 Å². The highest BCUT2D eigenvalue weighted by Crippen LogP contribution is 2.29. The molecule has 0 spiro atoms. The van der Waals surface area contributed by atoms with Crippen molar-refractivity contribution in [1.29, 1.82) is 0 Å². The second kappa shape index (κ2) is 5.96. The summed E-state index contributed by atoms with van der Waals surface area (Å²) in [5, 5.41) is 41.1. The van der Waals surface area contributed by atoms with Gasteiger partial charge >= 0.3 is 0 Å². The van der Waals surface area contributed by atoms with Gasteiger partial charge < -0.3 is 25.2 Å². The zero-order chi connectivity index (χ0) is 13.9. The lowest BCUT2D eigenvalue weighted by Crippen LogP contribution is -2.57. The molecule has 1 aromatic rings. The second-order valence-electron chi connectivity index (χ2n) is 4.66. The first kappa shape index (κ1) is 14.4. The van der Waals surface area contributed by atoms with Crippen molar-refractivity contribution in [3.8, 4) is 0 Å². The van der Waals surface area contributed by atoms with E-state index in [1.54, 1.807) is 0 Å². The van der Waals surface area contributed by atoms with Crippen molar-refractivity contribution in [2.75, 3.05) is 13.2 Å². The predicted octanol–water partition coefficient (Wildman–Crippen LogP) is -1.42. The molecule has 1 saturated heterocycles. The van der Waals surface area contributed by atoms with Crippen molar-refractivity contribution in [2.45, 2.75) is 30.6 Å². The number of hydrogen-bond donors (Lipinski definition) is 5. The lowest BCUT2D eigenvalue weighted by atomic mass is 10.0. The summed E-state index contributed by atoms with van der Waals surface area (Å²) in [6, 6.07) is 9.41. The number of benzene rings is 1. The predicted molar refractivity (Wildman–Crippen MR) is 67.1 cm³/mol. The molecule has 0 amide bonds. The first-order chi connectivity index (χ1) is 9.13. The molecule has 4 atom stereocenters. The number of aliphatic hydroxyl groups is 4. The monoisotopic (exact) mass is 269 g/mol. The first-order valence-electron chi connectivity index (χ1n) is 6.17. The van der Waals surface area contributed by atoms with E-state index >= 15 is 0 Å². The summed E-state index contributed by atoms with van der Waals surface area (Å²) in [4.78, 5) is 0. The normalized spacial score (nSPS) is 34.6. The molecule has 106 valence electrons. The van der Waals surface area contributed by atoms with Crippen LogP contribution in [0.1, 0.15) is 5.56 Å². The van der Waals surface area contributed by atoms with Crippen molar-refractivity contribution in [1.82, 2.24) is 5.32 Å². The molecular weight excluding hydrogens is 250 g/mol. The molecule has 19 heavy (non-hydrogen) atoms. The minimum absolute atomic E-state index is 0.364. The van der Waals surface area contributed by atoms with Crippen molar-refractivity contribution in [3.05, 3.63) is 35.9 Å². The Morgan fingerprint density at radius 2 is 1.84 bits per heavy atom. The van der Waals surface area contributed by atoms with E-state index in [4.69, 9.17) is 9.84 Å². The third-order valence-electron chi connectivity index (χ3n) is 3.39. The summed E-state index contributed by atoms with van der Waals surface area (Å²) in [7, 11) is 0. The largest absolute Gasteiger partial charge is 0.394 e. The van der Waals surface area contributed by atoms with Crippen molar-refractivity contribution >= 4 is 0 Å². The van der Waals surface area contributed by atoms with Gasteiger partial charge in [0.25, 0.3) is 0 Å². The Balaban J connectivity index is 2.07. The van der Waals surface area contributed by atoms with Crippen molar-refractivity contribution in [2.24, 2.45) is 0 Å². The Bertz CT molecular complexity index is 401. The van der Waals surface area contributed by atoms with E-state index in [0.717, 1.165) is 5.56 Å². The molecular formula is C13H19NO5. The highest BCUT2D eigenvalue weighted by atomic mass is 16.6. The van der Waals surface area contributed by atoms with Gasteiger partial charge in [0.05, 0.1) is 13.2 Å². The Labute approximate surface area is 111 Å². The second-order valence-corrected chi connectivity index (χ2v) is 4.66. The fourth-order valence-corrected chi connectivity index (χ4v) is 2.21. The third kappa shape index (κ3) is 2.79. The molecule has 1 unspecified atom stereocenters. The number of nitrogens with one attached hydrogen (secondary N) is 1. The van der Waals surface area contributed by atoms with E-state index < -0.39 is 37.3 Å². The Morgan fingerprint density at radius 3 is 2.37 bits per heavy atom. The Hall–Kier alpha value is -1.02. The molecule has 1 aromatic carbocycles. The summed E-state index contributed by atoms with van der Waals surface area (Å²) in [6.45, 7) is -0.565. The Kier molecular flexibility index (Phi) is 4.51. The lowest BCUT2D eigenvalue weighted by Gasteiger charge is -2.31. The molecule has 1 fully saturated rings. The van der Waals surface area contributed by atoms with Gasteiger partial charge in [0, 0.05) is 6.54 Å². The highest BCUT2D eigenvalue weighted by Gasteiger charge is 2.53. The fourth-order valence-electron chi connectivity index (χ4n) is 2.21. The molecule has 1 aliphatic heterocycles. The smallest absolute Gasteiger partial charge is 0.172 e. The van der Waals surface area contributed by atoms with Crippen molar-refractivity contribution < 1.29 is 25.2 Å². The van der Waals surface area contributed by atoms with E-state index in [9.17, 15) is 15.3 Å². The van der Waals surface area contributed by atoms with Gasteiger partial charge in [0.15, 0.2) is 5.72 Å².